The molecule has 0 fully saturated rings. The summed E-state index contributed by atoms with van der Waals surface area (Å²) in [5, 5.41) is 9.86. The average molecular weight is 799 g/mol. The number of esters is 1. The van der Waals surface area contributed by atoms with Gasteiger partial charge in [0.05, 0.1) is 7.11 Å². The number of nitrogens with one attached hydrogen (secondary N) is 4. The Labute approximate surface area is 336 Å². The van der Waals surface area contributed by atoms with Crippen molar-refractivity contribution in [3.05, 3.63) is 0 Å². The lowest BCUT2D eigenvalue weighted by atomic mass is 10.3. The lowest BCUT2D eigenvalue weighted by Gasteiger charge is -1.88. The molecule has 0 aromatic heterocycles. The molecule has 0 spiro atoms. The highest BCUT2D eigenvalue weighted by atomic mass is 16.5. The summed E-state index contributed by atoms with van der Waals surface area (Å²) in [4.78, 5) is 97.9. The zero-order valence-electron chi connectivity index (χ0n) is 38.9. The van der Waals surface area contributed by atoms with Gasteiger partial charge in [-0.1, -0.05) is 55.4 Å². The molecule has 15 heteroatoms. The van der Waals surface area contributed by atoms with E-state index in [0.29, 0.717) is 44.3 Å². The average Bonchev–Trinajstić information content (AvgIpc) is 3.13. The summed E-state index contributed by atoms with van der Waals surface area (Å²) in [6.45, 7) is 32.7. The molecule has 0 aliphatic heterocycles. The lowest BCUT2D eigenvalue weighted by Crippen LogP contribution is -2.18. The van der Waals surface area contributed by atoms with Gasteiger partial charge in [0.1, 0.15) is 28.9 Å². The predicted octanol–water partition coefficient (Wildman–Crippen LogP) is 6.31. The molecule has 0 rings (SSSR count). The van der Waals surface area contributed by atoms with Crippen LogP contribution in [0.1, 0.15) is 170 Å². The zero-order chi connectivity index (χ0) is 46.8. The Balaban J connectivity index is -0.0000000434. The van der Waals surface area contributed by atoms with Gasteiger partial charge in [-0.2, -0.15) is 0 Å². The summed E-state index contributed by atoms with van der Waals surface area (Å²) in [7, 11) is 4.54. The SMILES string of the molecule is CC.CC(C)=O.CCC(=O)CC.CCC(=O)NC.CCC(C)=O.CCC(C)=O.CCCC(C)=O.CCNC(C)=O.CCNC(C)=O.CNC=O.COC(C)=O. The van der Waals surface area contributed by atoms with Crippen LogP contribution < -0.4 is 21.3 Å². The second kappa shape index (κ2) is 82.9. The number of rotatable bonds is 10. The number of hydrogen-bond donors (Lipinski definition) is 4. The van der Waals surface area contributed by atoms with Crippen LogP contribution in [-0.4, -0.2) is 93.3 Å². The fourth-order valence-corrected chi connectivity index (χ4v) is 1.28. The van der Waals surface area contributed by atoms with Gasteiger partial charge in [-0.25, -0.2) is 0 Å². The van der Waals surface area contributed by atoms with Crippen LogP contribution in [0.2, 0.25) is 0 Å². The highest BCUT2D eigenvalue weighted by molar-refractivity contribution is 5.77. The molecule has 0 aliphatic rings. The minimum Gasteiger partial charge on any atom is -0.469 e. The van der Waals surface area contributed by atoms with Crippen molar-refractivity contribution < 1.29 is 52.7 Å². The monoisotopic (exact) mass is 799 g/mol. The molecule has 4 amide bonds. The molecule has 0 aromatic rings. The maximum absolute atomic E-state index is 10.2. The standard InChI is InChI=1S/2C5H10O.3C4H9NO.2C4H8O.C3H6O2.C3H6O.C2H5NO.C2H6/c1-3-4-5(2)6;1-3-5(6)4-2;1-3-4(6)5-2;2*1-3-5-4(2)6;2*1-3-4(2)5;1-3(4)5-2;1-3(2)4;1-3-2-4;1-2/h2*3-4H2,1-2H3;3*3H2,1-2H3,(H,5,6);2*3H2,1-2H3;1-2H3;1-2H3;2H,1H3,(H,3,4);1-2H3. The fourth-order valence-electron chi connectivity index (χ4n) is 1.28. The van der Waals surface area contributed by atoms with Crippen LogP contribution in [0, 0.1) is 0 Å². The summed E-state index contributed by atoms with van der Waals surface area (Å²) < 4.78 is 4.11. The van der Waals surface area contributed by atoms with Gasteiger partial charge in [0.15, 0.2) is 0 Å². The second-order valence-corrected chi connectivity index (χ2v) is 10.0. The van der Waals surface area contributed by atoms with Crippen molar-refractivity contribution in [2.24, 2.45) is 0 Å². The van der Waals surface area contributed by atoms with E-state index in [9.17, 15) is 43.2 Å². The Morgan fingerprint density at radius 1 is 0.527 bits per heavy atom. The van der Waals surface area contributed by atoms with Gasteiger partial charge < -0.3 is 45.2 Å². The maximum atomic E-state index is 10.2. The molecular formula is C40H86N4O11. The van der Waals surface area contributed by atoms with Crippen LogP contribution in [0.3, 0.4) is 0 Å². The molecule has 15 nitrogen and oxygen atoms in total. The summed E-state index contributed by atoms with van der Waals surface area (Å²) in [5.41, 5.74) is 0. The Morgan fingerprint density at radius 3 is 0.782 bits per heavy atom. The van der Waals surface area contributed by atoms with E-state index in [1.807, 2.05) is 69.2 Å². The third-order valence-corrected chi connectivity index (χ3v) is 4.24. The van der Waals surface area contributed by atoms with E-state index in [-0.39, 0.29) is 46.8 Å². The number of ether oxygens (including phenoxy) is 1. The van der Waals surface area contributed by atoms with Gasteiger partial charge in [-0.3, -0.25) is 28.8 Å². The zero-order valence-corrected chi connectivity index (χ0v) is 38.9. The van der Waals surface area contributed by atoms with Crippen LogP contribution in [0.4, 0.5) is 0 Å². The minimum absolute atomic E-state index is 0.0394. The number of ketones is 5. The van der Waals surface area contributed by atoms with E-state index in [4.69, 9.17) is 4.79 Å². The van der Waals surface area contributed by atoms with Crippen molar-refractivity contribution >= 4 is 59.0 Å². The van der Waals surface area contributed by atoms with E-state index in [2.05, 4.69) is 26.0 Å². The summed E-state index contributed by atoms with van der Waals surface area (Å²) in [6.07, 6.45) is 5.64. The molecule has 0 radical (unpaired) electrons. The Hall–Kier alpha value is -4.30. The topological polar surface area (TPSA) is 228 Å². The molecule has 0 saturated carbocycles. The van der Waals surface area contributed by atoms with E-state index < -0.39 is 0 Å². The van der Waals surface area contributed by atoms with Crippen LogP contribution in [0.25, 0.3) is 0 Å². The van der Waals surface area contributed by atoms with Crippen LogP contribution in [0.5, 0.6) is 0 Å². The van der Waals surface area contributed by atoms with Crippen LogP contribution in [-0.2, 0) is 52.7 Å². The van der Waals surface area contributed by atoms with Gasteiger partial charge >= 0.3 is 5.97 Å². The molecule has 0 bridgehead atoms. The molecule has 0 aliphatic carbocycles. The molecule has 4 N–H and O–H groups in total. The van der Waals surface area contributed by atoms with Crippen molar-refractivity contribution in [1.82, 2.24) is 21.3 Å². The highest BCUT2D eigenvalue weighted by Crippen LogP contribution is 1.84. The first-order chi connectivity index (χ1) is 25.4. The number of methoxy groups -OCH3 is 1. The maximum Gasteiger partial charge on any atom is 0.302 e. The Kier molecular flexibility index (Phi) is 120. The largest absolute Gasteiger partial charge is 0.469 e. The number of Topliss-reactive ketones (excluding diaryl/α,β-unsaturated/α-hetero) is 5. The number of carbonyl (C=O) groups excluding carboxylic acids is 10. The van der Waals surface area contributed by atoms with Crippen molar-refractivity contribution in [3.8, 4) is 0 Å². The number of amides is 4. The Bertz CT molecular complexity index is 791. The van der Waals surface area contributed by atoms with Crippen LogP contribution in [0.15, 0.2) is 0 Å². The van der Waals surface area contributed by atoms with Gasteiger partial charge in [0.2, 0.25) is 24.1 Å². The Morgan fingerprint density at radius 2 is 0.782 bits per heavy atom. The molecule has 0 saturated heterocycles. The van der Waals surface area contributed by atoms with Gasteiger partial charge in [0.25, 0.3) is 0 Å². The highest BCUT2D eigenvalue weighted by Gasteiger charge is 1.87. The molecule has 332 valence electrons. The van der Waals surface area contributed by atoms with E-state index in [1.165, 1.54) is 41.7 Å². The smallest absolute Gasteiger partial charge is 0.302 e. The predicted molar refractivity (Wildman–Crippen MR) is 227 cm³/mol. The quantitative estimate of drug-likeness (QED) is 0.141. The summed E-state index contributed by atoms with van der Waals surface area (Å²) in [5.74, 6) is 1.23. The van der Waals surface area contributed by atoms with Gasteiger partial charge in [-0.15, -0.1) is 0 Å². The van der Waals surface area contributed by atoms with Crippen LogP contribution >= 0.6 is 0 Å². The second-order valence-electron chi connectivity index (χ2n) is 10.0. The van der Waals surface area contributed by atoms with E-state index >= 15 is 0 Å². The molecule has 55 heavy (non-hydrogen) atoms. The first-order valence-corrected chi connectivity index (χ1v) is 18.7. The third kappa shape index (κ3) is 291. The molecular weight excluding hydrogens is 712 g/mol. The normalized spacial score (nSPS) is 7.29. The lowest BCUT2D eigenvalue weighted by molar-refractivity contribution is -0.138. The molecule has 0 unspecified atom stereocenters. The van der Waals surface area contributed by atoms with Gasteiger partial charge in [-0.05, 0) is 54.9 Å². The minimum atomic E-state index is -0.245. The van der Waals surface area contributed by atoms with Crippen molar-refractivity contribution in [3.63, 3.8) is 0 Å². The fraction of sp³-hybridized carbons (Fsp3) is 0.750. The molecule has 0 atom stereocenters. The van der Waals surface area contributed by atoms with Crippen molar-refractivity contribution in [2.45, 2.75) is 170 Å². The van der Waals surface area contributed by atoms with E-state index in [0.717, 1.165) is 25.9 Å². The first kappa shape index (κ1) is 79.5. The summed E-state index contributed by atoms with van der Waals surface area (Å²) >= 11 is 0. The van der Waals surface area contributed by atoms with E-state index in [1.54, 1.807) is 34.9 Å². The summed E-state index contributed by atoms with van der Waals surface area (Å²) in [6, 6.07) is 0. The van der Waals surface area contributed by atoms with Crippen molar-refractivity contribution in [2.75, 3.05) is 34.3 Å². The molecule has 0 heterocycles. The number of carbonyl (C=O) groups is 10. The number of hydrogen-bond acceptors (Lipinski definition) is 11. The van der Waals surface area contributed by atoms with Crippen molar-refractivity contribution in [1.29, 1.82) is 0 Å². The van der Waals surface area contributed by atoms with Gasteiger partial charge in [0, 0.05) is 86.5 Å². The molecule has 0 aromatic carbocycles. The third-order valence-electron chi connectivity index (χ3n) is 4.24. The first-order valence-electron chi connectivity index (χ1n) is 18.7.